The summed E-state index contributed by atoms with van der Waals surface area (Å²) in [4.78, 5) is 10.2. The van der Waals surface area contributed by atoms with Crippen molar-refractivity contribution in [3.05, 3.63) is 52.8 Å². The fourth-order valence-corrected chi connectivity index (χ4v) is 3.39. The number of nitrogens with zero attached hydrogens (tertiary/aromatic N) is 4. The quantitative estimate of drug-likeness (QED) is 0.667. The van der Waals surface area contributed by atoms with Gasteiger partial charge in [-0.2, -0.15) is 0 Å². The third-order valence-corrected chi connectivity index (χ3v) is 5.06. The van der Waals surface area contributed by atoms with Crippen molar-refractivity contribution in [1.82, 2.24) is 14.5 Å². The maximum absolute atomic E-state index is 13.9. The average molecular weight is 414 g/mol. The molecule has 1 aromatic carbocycles. The molecule has 28 heavy (non-hydrogen) atoms. The molecular formula is C18H16ClF4N5. The van der Waals surface area contributed by atoms with Crippen LogP contribution in [0.4, 0.5) is 23.5 Å². The number of piperidine rings is 1. The monoisotopic (exact) mass is 413 g/mol. The molecule has 0 aliphatic carbocycles. The van der Waals surface area contributed by atoms with Crippen molar-refractivity contribution in [3.8, 4) is 0 Å². The maximum atomic E-state index is 13.9. The molecule has 1 aliphatic rings. The molecule has 0 amide bonds. The number of hydrogen-bond acceptors (Lipinski definition) is 4. The third kappa shape index (κ3) is 3.40. The second-order valence-electron chi connectivity index (χ2n) is 6.78. The summed E-state index contributed by atoms with van der Waals surface area (Å²) in [5, 5.41) is 0.455. The topological polar surface area (TPSA) is 60.0 Å². The first-order chi connectivity index (χ1) is 13.2. The van der Waals surface area contributed by atoms with Crippen molar-refractivity contribution >= 4 is 28.6 Å². The second kappa shape index (κ2) is 6.89. The lowest BCUT2D eigenvalue weighted by Gasteiger charge is -2.37. The van der Waals surface area contributed by atoms with Crippen LogP contribution in [0, 0.1) is 11.6 Å². The van der Waals surface area contributed by atoms with Crippen molar-refractivity contribution in [3.63, 3.8) is 0 Å². The largest absolute Gasteiger partial charge is 0.340 e. The number of halogens is 5. The lowest BCUT2D eigenvalue weighted by Crippen LogP contribution is -2.55. The molecule has 3 heterocycles. The van der Waals surface area contributed by atoms with Gasteiger partial charge in [0.2, 0.25) is 5.95 Å². The van der Waals surface area contributed by atoms with E-state index in [1.54, 1.807) is 21.6 Å². The smallest absolute Gasteiger partial charge is 0.266 e. The Morgan fingerprint density at radius 3 is 2.64 bits per heavy atom. The molecule has 0 saturated carbocycles. The van der Waals surface area contributed by atoms with E-state index in [-0.39, 0.29) is 25.2 Å². The lowest BCUT2D eigenvalue weighted by molar-refractivity contribution is -0.0395. The standard InChI is InChI=1S/C18H16ClF4N5/c19-10-1-2-11(25-7-10)8-28-15-6-13(21)12(20)5-14(15)26-17(28)27-4-3-18(22,23)16(24)9-27/h1-2,5-7,16H,3-4,8-9,24H2. The Kier molecular flexibility index (Phi) is 4.67. The van der Waals surface area contributed by atoms with Gasteiger partial charge in [-0.3, -0.25) is 4.98 Å². The molecular weight excluding hydrogens is 398 g/mol. The van der Waals surface area contributed by atoms with Gasteiger partial charge in [-0.25, -0.2) is 22.5 Å². The molecule has 4 rings (SSSR count). The number of hydrogen-bond donors (Lipinski definition) is 1. The lowest BCUT2D eigenvalue weighted by atomic mass is 10.0. The van der Waals surface area contributed by atoms with E-state index in [4.69, 9.17) is 17.3 Å². The summed E-state index contributed by atoms with van der Waals surface area (Å²) in [6.07, 6.45) is 1.03. The number of alkyl halides is 2. The van der Waals surface area contributed by atoms with Gasteiger partial charge >= 0.3 is 0 Å². The first kappa shape index (κ1) is 18.9. The molecule has 1 saturated heterocycles. The summed E-state index contributed by atoms with van der Waals surface area (Å²) >= 11 is 5.86. The molecule has 1 unspecified atom stereocenters. The minimum absolute atomic E-state index is 0.0169. The van der Waals surface area contributed by atoms with Gasteiger partial charge in [0.15, 0.2) is 11.6 Å². The first-order valence-electron chi connectivity index (χ1n) is 8.58. The molecule has 5 nitrogen and oxygen atoms in total. The van der Waals surface area contributed by atoms with Gasteiger partial charge < -0.3 is 15.2 Å². The zero-order valence-electron chi connectivity index (χ0n) is 14.5. The van der Waals surface area contributed by atoms with Crippen LogP contribution in [0.1, 0.15) is 12.1 Å². The minimum Gasteiger partial charge on any atom is -0.340 e. The van der Waals surface area contributed by atoms with Crippen LogP contribution >= 0.6 is 11.6 Å². The Morgan fingerprint density at radius 2 is 1.96 bits per heavy atom. The van der Waals surface area contributed by atoms with E-state index in [0.29, 0.717) is 22.2 Å². The predicted molar refractivity (Wildman–Crippen MR) is 97.8 cm³/mol. The van der Waals surface area contributed by atoms with Gasteiger partial charge in [0.25, 0.3) is 5.92 Å². The summed E-state index contributed by atoms with van der Waals surface area (Å²) in [6.45, 7) is 0.0641. The summed E-state index contributed by atoms with van der Waals surface area (Å²) in [5.74, 6) is -4.72. The van der Waals surface area contributed by atoms with E-state index in [0.717, 1.165) is 12.1 Å². The van der Waals surface area contributed by atoms with Gasteiger partial charge in [0.1, 0.15) is 0 Å². The number of imidazole rings is 1. The maximum Gasteiger partial charge on any atom is 0.266 e. The van der Waals surface area contributed by atoms with E-state index in [1.165, 1.54) is 6.20 Å². The molecule has 2 N–H and O–H groups in total. The summed E-state index contributed by atoms with van der Waals surface area (Å²) in [5.41, 5.74) is 6.77. The molecule has 0 radical (unpaired) electrons. The Bertz CT molecular complexity index is 1020. The number of rotatable bonds is 3. The second-order valence-corrected chi connectivity index (χ2v) is 7.22. The van der Waals surface area contributed by atoms with Crippen LogP contribution in [-0.4, -0.2) is 39.6 Å². The van der Waals surface area contributed by atoms with Gasteiger partial charge in [0, 0.05) is 37.8 Å². The highest BCUT2D eigenvalue weighted by Gasteiger charge is 2.42. The highest BCUT2D eigenvalue weighted by molar-refractivity contribution is 6.30. The SMILES string of the molecule is NC1CN(c2nc3cc(F)c(F)cc3n2Cc2ccc(Cl)cn2)CCC1(F)F. The molecule has 3 aromatic rings. The van der Waals surface area contributed by atoms with Gasteiger partial charge in [-0.1, -0.05) is 11.6 Å². The molecule has 0 spiro atoms. The summed E-state index contributed by atoms with van der Waals surface area (Å²) in [7, 11) is 0. The summed E-state index contributed by atoms with van der Waals surface area (Å²) in [6, 6.07) is 4.00. The number of anilines is 1. The molecule has 148 valence electrons. The number of pyridine rings is 1. The van der Waals surface area contributed by atoms with Crippen molar-refractivity contribution < 1.29 is 17.6 Å². The minimum atomic E-state index is -2.97. The number of nitrogens with two attached hydrogens (primary N) is 1. The van der Waals surface area contributed by atoms with Crippen LogP contribution in [0.25, 0.3) is 11.0 Å². The molecule has 10 heteroatoms. The Balaban J connectivity index is 1.79. The van der Waals surface area contributed by atoms with Gasteiger partial charge in [-0.05, 0) is 12.1 Å². The normalized spacial score (nSPS) is 19.4. The van der Waals surface area contributed by atoms with Crippen LogP contribution in [0.2, 0.25) is 5.02 Å². The van der Waals surface area contributed by atoms with Crippen LogP contribution < -0.4 is 10.6 Å². The number of fused-ring (bicyclic) bond motifs is 1. The first-order valence-corrected chi connectivity index (χ1v) is 8.96. The highest BCUT2D eigenvalue weighted by Crippen LogP contribution is 2.32. The van der Waals surface area contributed by atoms with E-state index in [9.17, 15) is 17.6 Å². The van der Waals surface area contributed by atoms with E-state index < -0.39 is 30.0 Å². The average Bonchev–Trinajstić information content (AvgIpc) is 2.97. The molecule has 1 aliphatic heterocycles. The Labute approximate surface area is 162 Å². The predicted octanol–water partition coefficient (Wildman–Crippen LogP) is 3.58. The van der Waals surface area contributed by atoms with Crippen molar-refractivity contribution in [1.29, 1.82) is 0 Å². The zero-order chi connectivity index (χ0) is 20.1. The third-order valence-electron chi connectivity index (χ3n) is 4.84. The molecule has 2 aromatic heterocycles. The highest BCUT2D eigenvalue weighted by atomic mass is 35.5. The fourth-order valence-electron chi connectivity index (χ4n) is 3.28. The van der Waals surface area contributed by atoms with Crippen LogP contribution in [0.3, 0.4) is 0 Å². The Hall–Kier alpha value is -2.39. The molecule has 1 fully saturated rings. The van der Waals surface area contributed by atoms with Crippen molar-refractivity contribution in [2.45, 2.75) is 24.9 Å². The van der Waals surface area contributed by atoms with Crippen molar-refractivity contribution in [2.24, 2.45) is 5.73 Å². The zero-order valence-corrected chi connectivity index (χ0v) is 15.3. The number of aromatic nitrogens is 3. The van der Waals surface area contributed by atoms with Crippen LogP contribution in [0.5, 0.6) is 0 Å². The van der Waals surface area contributed by atoms with Crippen molar-refractivity contribution in [2.75, 3.05) is 18.0 Å². The van der Waals surface area contributed by atoms with E-state index >= 15 is 0 Å². The van der Waals surface area contributed by atoms with Gasteiger partial charge in [-0.15, -0.1) is 0 Å². The van der Waals surface area contributed by atoms with Crippen LogP contribution in [0.15, 0.2) is 30.5 Å². The van der Waals surface area contributed by atoms with Crippen LogP contribution in [-0.2, 0) is 6.54 Å². The van der Waals surface area contributed by atoms with E-state index in [2.05, 4.69) is 9.97 Å². The van der Waals surface area contributed by atoms with Gasteiger partial charge in [0.05, 0.1) is 34.3 Å². The fraction of sp³-hybridized carbons (Fsp3) is 0.333. The van der Waals surface area contributed by atoms with E-state index in [1.807, 2.05) is 0 Å². The Morgan fingerprint density at radius 1 is 1.21 bits per heavy atom. The molecule has 1 atom stereocenters. The molecule has 0 bridgehead atoms. The number of benzene rings is 1. The summed E-state index contributed by atoms with van der Waals surface area (Å²) < 4.78 is 56.7.